The molecular weight excluding hydrogens is 386 g/mol. The van der Waals surface area contributed by atoms with E-state index in [0.717, 1.165) is 10.4 Å². The van der Waals surface area contributed by atoms with Crippen LogP contribution in [0.3, 0.4) is 0 Å². The Labute approximate surface area is 162 Å². The highest BCUT2D eigenvalue weighted by molar-refractivity contribution is 7.92. The Balaban J connectivity index is 1.60. The van der Waals surface area contributed by atoms with E-state index in [-0.39, 0.29) is 18.8 Å². The molecule has 3 rings (SSSR count). The Morgan fingerprint density at radius 3 is 2.78 bits per heavy atom. The minimum atomic E-state index is -3.34. The van der Waals surface area contributed by atoms with Gasteiger partial charge in [-0.1, -0.05) is 6.07 Å². The number of rotatable bonds is 7. The number of nitrogens with zero attached hydrogens (tertiary/aromatic N) is 1. The van der Waals surface area contributed by atoms with Crippen LogP contribution in [0.2, 0.25) is 0 Å². The van der Waals surface area contributed by atoms with E-state index in [1.165, 1.54) is 10.6 Å². The molecule has 144 valence electrons. The molecule has 0 saturated heterocycles. The van der Waals surface area contributed by atoms with Gasteiger partial charge in [0.1, 0.15) is 0 Å². The summed E-state index contributed by atoms with van der Waals surface area (Å²) in [6.45, 7) is 0.138. The number of carbonyl (C=O) groups is 2. The van der Waals surface area contributed by atoms with E-state index in [1.807, 2.05) is 17.5 Å². The van der Waals surface area contributed by atoms with Gasteiger partial charge in [0.2, 0.25) is 10.0 Å². The molecule has 0 aliphatic carbocycles. The summed E-state index contributed by atoms with van der Waals surface area (Å²) in [5, 5.41) is 1.95. The quantitative estimate of drug-likeness (QED) is 0.521. The van der Waals surface area contributed by atoms with Crippen molar-refractivity contribution in [1.82, 2.24) is 0 Å². The summed E-state index contributed by atoms with van der Waals surface area (Å²) in [5.41, 5.74) is 1.87. The molecule has 0 bridgehead atoms. The van der Waals surface area contributed by atoms with Crippen LogP contribution in [-0.4, -0.2) is 39.6 Å². The van der Waals surface area contributed by atoms with Gasteiger partial charge in [-0.15, -0.1) is 11.3 Å². The second kappa shape index (κ2) is 8.22. The summed E-state index contributed by atoms with van der Waals surface area (Å²) in [6.07, 6.45) is 3.43. The standard InChI is InChI=1S/C19H21NO5S2/c1-27(23,24)20-10-2-4-14-12-15(6-8-17(14)20)18(21)13-25-19(22)9-7-16-5-3-11-26-16/h3,5-6,8,11-12H,2,4,7,9-10,13H2,1H3. The molecule has 8 heteroatoms. The van der Waals surface area contributed by atoms with Crippen molar-refractivity contribution in [3.63, 3.8) is 0 Å². The number of benzene rings is 1. The molecule has 0 saturated carbocycles. The molecule has 0 radical (unpaired) electrons. The maximum Gasteiger partial charge on any atom is 0.306 e. The maximum atomic E-state index is 12.3. The summed E-state index contributed by atoms with van der Waals surface area (Å²) < 4.78 is 30.2. The van der Waals surface area contributed by atoms with Gasteiger partial charge < -0.3 is 4.74 Å². The lowest BCUT2D eigenvalue weighted by Crippen LogP contribution is -2.34. The number of Topliss-reactive ketones (excluding diaryl/α,β-unsaturated/α-hetero) is 1. The van der Waals surface area contributed by atoms with Crippen molar-refractivity contribution in [2.24, 2.45) is 0 Å². The van der Waals surface area contributed by atoms with Gasteiger partial charge in [0, 0.05) is 17.0 Å². The number of aryl methyl sites for hydroxylation is 2. The molecule has 1 aromatic heterocycles. The number of hydrogen-bond donors (Lipinski definition) is 0. The first-order valence-corrected chi connectivity index (χ1v) is 11.4. The van der Waals surface area contributed by atoms with E-state index in [9.17, 15) is 18.0 Å². The molecule has 2 heterocycles. The topological polar surface area (TPSA) is 80.8 Å². The van der Waals surface area contributed by atoms with Gasteiger partial charge >= 0.3 is 5.97 Å². The van der Waals surface area contributed by atoms with E-state index in [1.54, 1.807) is 29.5 Å². The van der Waals surface area contributed by atoms with Crippen molar-refractivity contribution in [3.8, 4) is 0 Å². The van der Waals surface area contributed by atoms with Crippen molar-refractivity contribution in [2.45, 2.75) is 25.7 Å². The third kappa shape index (κ3) is 4.95. The van der Waals surface area contributed by atoms with Crippen LogP contribution in [0.15, 0.2) is 35.7 Å². The van der Waals surface area contributed by atoms with Crippen LogP contribution < -0.4 is 4.31 Å². The predicted molar refractivity (Wildman–Crippen MR) is 105 cm³/mol. The molecule has 6 nitrogen and oxygen atoms in total. The first-order chi connectivity index (χ1) is 12.8. The van der Waals surface area contributed by atoms with E-state index >= 15 is 0 Å². The molecule has 0 N–H and O–H groups in total. The zero-order chi connectivity index (χ0) is 19.4. The third-order valence-electron chi connectivity index (χ3n) is 4.40. The molecular formula is C19H21NO5S2. The van der Waals surface area contributed by atoms with Gasteiger partial charge in [0.25, 0.3) is 0 Å². The van der Waals surface area contributed by atoms with Crippen LogP contribution in [-0.2, 0) is 32.4 Å². The Morgan fingerprint density at radius 2 is 2.07 bits per heavy atom. The first-order valence-electron chi connectivity index (χ1n) is 8.66. The van der Waals surface area contributed by atoms with Crippen molar-refractivity contribution in [3.05, 3.63) is 51.7 Å². The summed E-state index contributed by atoms with van der Waals surface area (Å²) in [7, 11) is -3.34. The molecule has 0 spiro atoms. The molecule has 1 aliphatic heterocycles. The minimum absolute atomic E-state index is 0.237. The molecule has 27 heavy (non-hydrogen) atoms. The van der Waals surface area contributed by atoms with Gasteiger partial charge in [-0.05, 0) is 54.5 Å². The fourth-order valence-electron chi connectivity index (χ4n) is 3.06. The summed E-state index contributed by atoms with van der Waals surface area (Å²) in [4.78, 5) is 25.3. The van der Waals surface area contributed by atoms with E-state index in [2.05, 4.69) is 0 Å². The highest BCUT2D eigenvalue weighted by atomic mass is 32.2. The van der Waals surface area contributed by atoms with Gasteiger partial charge in [-0.2, -0.15) is 0 Å². The number of fused-ring (bicyclic) bond motifs is 1. The van der Waals surface area contributed by atoms with Crippen molar-refractivity contribution >= 4 is 38.8 Å². The molecule has 1 aromatic carbocycles. The molecule has 0 fully saturated rings. The third-order valence-corrected chi connectivity index (χ3v) is 6.51. The predicted octanol–water partition coefficient (Wildman–Crippen LogP) is 2.82. The monoisotopic (exact) mass is 407 g/mol. The van der Waals surface area contributed by atoms with Crippen molar-refractivity contribution in [1.29, 1.82) is 0 Å². The van der Waals surface area contributed by atoms with Crippen LogP contribution in [0.5, 0.6) is 0 Å². The number of ketones is 1. The average Bonchev–Trinajstić information content (AvgIpc) is 3.16. The molecule has 0 amide bonds. The largest absolute Gasteiger partial charge is 0.457 e. The van der Waals surface area contributed by atoms with Gasteiger partial charge in [0.15, 0.2) is 12.4 Å². The van der Waals surface area contributed by atoms with Crippen molar-refractivity contribution in [2.75, 3.05) is 23.7 Å². The molecule has 0 atom stereocenters. The highest BCUT2D eigenvalue weighted by Gasteiger charge is 2.24. The first kappa shape index (κ1) is 19.6. The van der Waals surface area contributed by atoms with Crippen LogP contribution in [0.25, 0.3) is 0 Å². The fourth-order valence-corrected chi connectivity index (χ4v) is 4.77. The lowest BCUT2D eigenvalue weighted by Gasteiger charge is -2.29. The Bertz CT molecular complexity index is 935. The second-order valence-corrected chi connectivity index (χ2v) is 9.38. The van der Waals surface area contributed by atoms with Crippen LogP contribution in [0.4, 0.5) is 5.69 Å². The van der Waals surface area contributed by atoms with Gasteiger partial charge in [-0.25, -0.2) is 8.42 Å². The van der Waals surface area contributed by atoms with E-state index in [0.29, 0.717) is 37.1 Å². The Morgan fingerprint density at radius 1 is 1.26 bits per heavy atom. The normalized spacial score (nSPS) is 13.9. The summed E-state index contributed by atoms with van der Waals surface area (Å²) in [5.74, 6) is -0.697. The van der Waals surface area contributed by atoms with Crippen molar-refractivity contribution < 1.29 is 22.7 Å². The molecule has 0 unspecified atom stereocenters. The lowest BCUT2D eigenvalue weighted by molar-refractivity contribution is -0.142. The van der Waals surface area contributed by atoms with Crippen LogP contribution in [0.1, 0.15) is 33.6 Å². The number of esters is 1. The number of carbonyl (C=O) groups excluding carboxylic acids is 2. The number of anilines is 1. The average molecular weight is 408 g/mol. The summed E-state index contributed by atoms with van der Waals surface area (Å²) >= 11 is 1.58. The van der Waals surface area contributed by atoms with Gasteiger partial charge in [-0.3, -0.25) is 13.9 Å². The van der Waals surface area contributed by atoms with E-state index in [4.69, 9.17) is 4.74 Å². The van der Waals surface area contributed by atoms with Crippen LogP contribution in [0, 0.1) is 0 Å². The molecule has 1 aliphatic rings. The maximum absolute atomic E-state index is 12.3. The number of ether oxygens (including phenoxy) is 1. The SMILES string of the molecule is CS(=O)(=O)N1CCCc2cc(C(=O)COC(=O)CCc3cccs3)ccc21. The Kier molecular flexibility index (Phi) is 5.96. The number of sulfonamides is 1. The number of thiophene rings is 1. The zero-order valence-electron chi connectivity index (χ0n) is 15.0. The molecule has 2 aromatic rings. The van der Waals surface area contributed by atoms with Crippen LogP contribution >= 0.6 is 11.3 Å². The fraction of sp³-hybridized carbons (Fsp3) is 0.368. The van der Waals surface area contributed by atoms with Gasteiger partial charge in [0.05, 0.1) is 18.4 Å². The smallest absolute Gasteiger partial charge is 0.306 e. The zero-order valence-corrected chi connectivity index (χ0v) is 16.6. The number of hydrogen-bond acceptors (Lipinski definition) is 6. The lowest BCUT2D eigenvalue weighted by atomic mass is 9.99. The van der Waals surface area contributed by atoms with E-state index < -0.39 is 16.0 Å². The second-order valence-electron chi connectivity index (χ2n) is 6.45. The minimum Gasteiger partial charge on any atom is -0.457 e. The highest BCUT2D eigenvalue weighted by Crippen LogP contribution is 2.30. The summed E-state index contributed by atoms with van der Waals surface area (Å²) in [6, 6.07) is 8.83. The Hall–Kier alpha value is -2.19.